The highest BCUT2D eigenvalue weighted by Crippen LogP contribution is 2.63. The number of ether oxygens (including phenoxy) is 1. The first-order valence-electron chi connectivity index (χ1n) is 10.8. The zero-order chi connectivity index (χ0) is 23.2. The summed E-state index contributed by atoms with van der Waals surface area (Å²) in [5.74, 6) is -0.527. The molecule has 3 fully saturated rings. The Balaban J connectivity index is 1.35. The van der Waals surface area contributed by atoms with Crippen LogP contribution in [-0.2, 0) is 0 Å². The molecular formula is C22H21B2F2N5O2. The number of hydrogen-bond acceptors (Lipinski definition) is 6. The minimum atomic E-state index is -1.54. The molecule has 2 bridgehead atoms. The minimum Gasteiger partial charge on any atom is -0.507 e. The summed E-state index contributed by atoms with van der Waals surface area (Å²) >= 11 is 0. The summed E-state index contributed by atoms with van der Waals surface area (Å²) in [6.07, 6.45) is 4.94. The number of phenols is 1. The van der Waals surface area contributed by atoms with Crippen molar-refractivity contribution < 1.29 is 18.6 Å². The van der Waals surface area contributed by atoms with E-state index in [2.05, 4.69) is 20.2 Å². The van der Waals surface area contributed by atoms with Crippen LogP contribution in [0.4, 0.5) is 8.78 Å². The topological polar surface area (TPSA) is 86.0 Å². The largest absolute Gasteiger partial charge is 0.507 e. The maximum atomic E-state index is 15.4. The number of halogens is 2. The van der Waals surface area contributed by atoms with E-state index in [1.54, 1.807) is 41.5 Å². The van der Waals surface area contributed by atoms with E-state index in [1.807, 2.05) is 0 Å². The van der Waals surface area contributed by atoms with E-state index in [9.17, 15) is 9.50 Å². The van der Waals surface area contributed by atoms with Crippen molar-refractivity contribution >= 4 is 15.7 Å². The van der Waals surface area contributed by atoms with Gasteiger partial charge in [-0.15, -0.1) is 5.10 Å². The van der Waals surface area contributed by atoms with Gasteiger partial charge in [0.2, 0.25) is 0 Å². The Labute approximate surface area is 192 Å². The highest BCUT2D eigenvalue weighted by atomic mass is 19.1. The number of fused-ring (bicyclic) bond motifs is 4. The van der Waals surface area contributed by atoms with Crippen LogP contribution >= 0.6 is 0 Å². The van der Waals surface area contributed by atoms with Crippen LogP contribution in [0.3, 0.4) is 0 Å². The van der Waals surface area contributed by atoms with E-state index in [1.165, 1.54) is 6.20 Å². The monoisotopic (exact) mass is 447 g/mol. The average molecular weight is 447 g/mol. The number of nitrogens with zero attached hydrogens (tertiary/aromatic N) is 5. The van der Waals surface area contributed by atoms with Gasteiger partial charge in [-0.2, -0.15) is 0 Å². The fourth-order valence-electron chi connectivity index (χ4n) is 5.00. The molecule has 2 heterocycles. The van der Waals surface area contributed by atoms with Gasteiger partial charge in [-0.3, -0.25) is 4.39 Å². The SMILES string of the molecule is [B][C@@]12CC[C@@]([B])(C[C@H]1CF)[C@@H](F)[C@H](Oc1ncc(-c3ccc(-n4ccnc4)cc3O)nn1)C2. The Hall–Kier alpha value is -2.97. The predicted molar refractivity (Wildman–Crippen MR) is 118 cm³/mol. The van der Waals surface area contributed by atoms with Gasteiger partial charge in [0, 0.05) is 24.0 Å². The molecule has 2 aromatic heterocycles. The van der Waals surface area contributed by atoms with Crippen molar-refractivity contribution in [2.24, 2.45) is 5.92 Å². The molecule has 0 amide bonds. The summed E-state index contributed by atoms with van der Waals surface area (Å²) < 4.78 is 36.4. The number of aromatic nitrogens is 5. The number of hydrogen-bond donors (Lipinski definition) is 1. The Kier molecular flexibility index (Phi) is 5.37. The van der Waals surface area contributed by atoms with Gasteiger partial charge in [0.15, 0.2) is 0 Å². The lowest BCUT2D eigenvalue weighted by molar-refractivity contribution is 0.0641. The number of alkyl halides is 2. The van der Waals surface area contributed by atoms with Gasteiger partial charge in [-0.25, -0.2) is 14.4 Å². The summed E-state index contributed by atoms with van der Waals surface area (Å²) in [6, 6.07) is 4.91. The van der Waals surface area contributed by atoms with E-state index in [0.717, 1.165) is 5.69 Å². The molecule has 3 aromatic rings. The van der Waals surface area contributed by atoms with Crippen LogP contribution in [0.5, 0.6) is 11.8 Å². The molecule has 3 saturated carbocycles. The molecule has 1 N–H and O–H groups in total. The van der Waals surface area contributed by atoms with Crippen LogP contribution in [0.1, 0.15) is 25.7 Å². The van der Waals surface area contributed by atoms with Crippen molar-refractivity contribution in [1.29, 1.82) is 0 Å². The van der Waals surface area contributed by atoms with E-state index >= 15 is 4.39 Å². The van der Waals surface area contributed by atoms with Crippen LogP contribution in [0.25, 0.3) is 16.9 Å². The molecule has 33 heavy (non-hydrogen) atoms. The molecule has 0 spiro atoms. The second kappa shape index (κ2) is 8.11. The Bertz CT molecular complexity index is 1140. The molecular weight excluding hydrogens is 426 g/mol. The summed E-state index contributed by atoms with van der Waals surface area (Å²) in [4.78, 5) is 8.12. The smallest absolute Gasteiger partial charge is 0.336 e. The van der Waals surface area contributed by atoms with Crippen molar-refractivity contribution in [3.05, 3.63) is 43.1 Å². The maximum Gasteiger partial charge on any atom is 0.336 e. The van der Waals surface area contributed by atoms with Crippen molar-refractivity contribution in [3.8, 4) is 28.7 Å². The highest BCUT2D eigenvalue weighted by molar-refractivity contribution is 6.18. The van der Waals surface area contributed by atoms with Gasteiger partial charge in [0.25, 0.3) is 0 Å². The van der Waals surface area contributed by atoms with Crippen LogP contribution < -0.4 is 4.74 Å². The zero-order valence-corrected chi connectivity index (χ0v) is 17.8. The normalized spacial score (nSPS) is 31.3. The number of aromatic hydroxyl groups is 1. The van der Waals surface area contributed by atoms with Gasteiger partial charge in [-0.05, 0) is 36.2 Å². The number of phenolic OH excluding ortho intramolecular Hbond substituents is 1. The Morgan fingerprint density at radius 1 is 1.18 bits per heavy atom. The molecule has 6 rings (SSSR count). The van der Waals surface area contributed by atoms with Crippen molar-refractivity contribution in [3.63, 3.8) is 0 Å². The lowest BCUT2D eigenvalue weighted by atomic mass is 9.47. The van der Waals surface area contributed by atoms with Crippen molar-refractivity contribution in [1.82, 2.24) is 24.7 Å². The van der Waals surface area contributed by atoms with Crippen molar-refractivity contribution in [2.75, 3.05) is 6.67 Å². The third kappa shape index (κ3) is 3.87. The quantitative estimate of drug-likeness (QED) is 0.605. The maximum absolute atomic E-state index is 15.4. The molecule has 7 nitrogen and oxygen atoms in total. The molecule has 0 unspecified atom stereocenters. The molecule has 3 aliphatic carbocycles. The van der Waals surface area contributed by atoms with Gasteiger partial charge in [-0.1, -0.05) is 23.3 Å². The van der Waals surface area contributed by atoms with Crippen LogP contribution in [0.2, 0.25) is 10.6 Å². The second-order valence-electron chi connectivity index (χ2n) is 9.08. The van der Waals surface area contributed by atoms with Gasteiger partial charge in [0.05, 0.1) is 40.6 Å². The molecule has 0 aliphatic heterocycles. The number of rotatable bonds is 5. The first kappa shape index (κ1) is 21.9. The first-order valence-corrected chi connectivity index (χ1v) is 10.8. The fourth-order valence-corrected chi connectivity index (χ4v) is 5.00. The van der Waals surface area contributed by atoms with Crippen molar-refractivity contribution in [2.45, 2.75) is 48.6 Å². The molecule has 4 radical (unpaired) electrons. The zero-order valence-electron chi connectivity index (χ0n) is 17.8. The lowest BCUT2D eigenvalue weighted by Gasteiger charge is -2.45. The van der Waals surface area contributed by atoms with Gasteiger partial charge < -0.3 is 14.4 Å². The number of benzene rings is 1. The summed E-state index contributed by atoms with van der Waals surface area (Å²) in [6.45, 7) is -0.648. The standard InChI is InChI=1S/C22H21B2F2N5O2/c23-21-3-4-22(24,8-13(21)10-25)19(26)18(9-21)33-20-28-11-16(29-30-20)15-2-1-14(7-17(15)32)31-6-5-27-12-31/h1-2,5-7,11-13,18-19,32H,3-4,8-10H2/t13-,18+,19-,21+,22+/m0/s1. The third-order valence-electron chi connectivity index (χ3n) is 7.00. The molecule has 5 atom stereocenters. The average Bonchev–Trinajstić information content (AvgIpc) is 3.31. The fraction of sp³-hybridized carbons (Fsp3) is 0.455. The summed E-state index contributed by atoms with van der Waals surface area (Å²) in [7, 11) is 12.8. The van der Waals surface area contributed by atoms with E-state index in [4.69, 9.17) is 20.4 Å². The minimum absolute atomic E-state index is 0.0115. The predicted octanol–water partition coefficient (Wildman–Crippen LogP) is 3.34. The highest BCUT2D eigenvalue weighted by Gasteiger charge is 2.55. The second-order valence-corrected chi connectivity index (χ2v) is 9.08. The Morgan fingerprint density at radius 3 is 2.67 bits per heavy atom. The van der Waals surface area contributed by atoms with E-state index < -0.39 is 35.5 Å². The Morgan fingerprint density at radius 2 is 2.00 bits per heavy atom. The number of imidazole rings is 1. The molecule has 166 valence electrons. The summed E-state index contributed by atoms with van der Waals surface area (Å²) in [5.41, 5.74) is 1.47. The van der Waals surface area contributed by atoms with Crippen LogP contribution in [-0.4, -0.2) is 64.5 Å². The van der Waals surface area contributed by atoms with Gasteiger partial charge in [0.1, 0.15) is 23.7 Å². The molecule has 0 saturated heterocycles. The van der Waals surface area contributed by atoms with Crippen LogP contribution in [0.15, 0.2) is 43.1 Å². The molecule has 3 aliphatic rings. The van der Waals surface area contributed by atoms with Gasteiger partial charge >= 0.3 is 6.01 Å². The summed E-state index contributed by atoms with van der Waals surface area (Å²) in [5, 5.41) is 16.4. The van der Waals surface area contributed by atoms with Crippen LogP contribution in [0, 0.1) is 5.92 Å². The lowest BCUT2D eigenvalue weighted by Crippen LogP contribution is -2.38. The van der Waals surface area contributed by atoms with E-state index in [-0.39, 0.29) is 24.6 Å². The third-order valence-corrected chi connectivity index (χ3v) is 7.00. The first-order chi connectivity index (χ1) is 15.8. The molecule has 1 aromatic carbocycles. The van der Waals surface area contributed by atoms with E-state index in [0.29, 0.717) is 24.1 Å². The molecule has 11 heteroatoms.